The molecule has 0 spiro atoms. The summed E-state index contributed by atoms with van der Waals surface area (Å²) in [7, 11) is 0. The smallest absolute Gasteiger partial charge is 0.167 e. The number of hydrogen-bond acceptors (Lipinski definition) is 0. The van der Waals surface area contributed by atoms with Gasteiger partial charge in [0.2, 0.25) is 0 Å². The quantitative estimate of drug-likeness (QED) is 0.304. The minimum absolute atomic E-state index is 0.150. The summed E-state index contributed by atoms with van der Waals surface area (Å²) in [6.07, 6.45) is 15.8. The standard InChI is InChI=1S/C22H37F3/c1-2-3-4-5-6-7-18-8-12-20(13-9-18)21-14-10-19(11-15-21)16-17-22(23,24)25/h16-21H,2-15H2,1H3. The van der Waals surface area contributed by atoms with E-state index in [4.69, 9.17) is 0 Å². The van der Waals surface area contributed by atoms with E-state index in [1.165, 1.54) is 70.3 Å². The molecular formula is C22H37F3. The molecule has 25 heavy (non-hydrogen) atoms. The molecular weight excluding hydrogens is 321 g/mol. The molecule has 146 valence electrons. The highest BCUT2D eigenvalue weighted by atomic mass is 19.4. The van der Waals surface area contributed by atoms with Crippen molar-refractivity contribution in [1.29, 1.82) is 0 Å². The fraction of sp³-hybridized carbons (Fsp3) is 0.909. The molecule has 2 saturated carbocycles. The van der Waals surface area contributed by atoms with Gasteiger partial charge in [-0.3, -0.25) is 0 Å². The van der Waals surface area contributed by atoms with Crippen LogP contribution in [-0.2, 0) is 0 Å². The lowest BCUT2D eigenvalue weighted by atomic mass is 9.68. The Labute approximate surface area is 152 Å². The predicted octanol–water partition coefficient (Wildman–Crippen LogP) is 8.08. The molecule has 0 saturated heterocycles. The fourth-order valence-corrected chi connectivity index (χ4v) is 5.04. The van der Waals surface area contributed by atoms with Gasteiger partial charge in [0.15, 0.2) is 0 Å². The van der Waals surface area contributed by atoms with E-state index in [1.54, 1.807) is 0 Å². The molecule has 3 heteroatoms. The number of allylic oxidation sites excluding steroid dienone is 2. The van der Waals surface area contributed by atoms with E-state index in [1.807, 2.05) is 0 Å². The average Bonchev–Trinajstić information content (AvgIpc) is 2.60. The minimum atomic E-state index is -4.15. The van der Waals surface area contributed by atoms with Gasteiger partial charge in [0.1, 0.15) is 0 Å². The summed E-state index contributed by atoms with van der Waals surface area (Å²) >= 11 is 0. The third-order valence-corrected chi connectivity index (χ3v) is 6.65. The first kappa shape index (κ1) is 20.8. The van der Waals surface area contributed by atoms with Gasteiger partial charge in [-0.2, -0.15) is 13.2 Å². The highest BCUT2D eigenvalue weighted by Crippen LogP contribution is 2.42. The van der Waals surface area contributed by atoms with Crippen LogP contribution in [0.3, 0.4) is 0 Å². The lowest BCUT2D eigenvalue weighted by Gasteiger charge is -2.37. The third-order valence-electron chi connectivity index (χ3n) is 6.65. The van der Waals surface area contributed by atoms with Crippen molar-refractivity contribution in [3.05, 3.63) is 12.2 Å². The molecule has 2 aliphatic rings. The molecule has 0 nitrogen and oxygen atoms in total. The highest BCUT2D eigenvalue weighted by Gasteiger charge is 2.31. The number of alkyl halides is 3. The van der Waals surface area contributed by atoms with Crippen molar-refractivity contribution in [2.75, 3.05) is 0 Å². The molecule has 0 unspecified atom stereocenters. The van der Waals surface area contributed by atoms with Gasteiger partial charge in [0, 0.05) is 6.08 Å². The summed E-state index contributed by atoms with van der Waals surface area (Å²) in [4.78, 5) is 0. The fourth-order valence-electron chi connectivity index (χ4n) is 5.04. The first-order valence-corrected chi connectivity index (χ1v) is 10.7. The van der Waals surface area contributed by atoms with Gasteiger partial charge in [0.05, 0.1) is 0 Å². The molecule has 0 aromatic heterocycles. The van der Waals surface area contributed by atoms with Crippen LogP contribution in [0.4, 0.5) is 13.2 Å². The number of halogens is 3. The Morgan fingerprint density at radius 3 is 1.88 bits per heavy atom. The van der Waals surface area contributed by atoms with Gasteiger partial charge in [-0.25, -0.2) is 0 Å². The number of hydrogen-bond donors (Lipinski definition) is 0. The van der Waals surface area contributed by atoms with Gasteiger partial charge < -0.3 is 0 Å². The number of rotatable bonds is 8. The molecule has 0 aromatic rings. The highest BCUT2D eigenvalue weighted by molar-refractivity contribution is 4.96. The van der Waals surface area contributed by atoms with Crippen LogP contribution >= 0.6 is 0 Å². The van der Waals surface area contributed by atoms with Gasteiger partial charge in [-0.15, -0.1) is 0 Å². The zero-order chi connectivity index (χ0) is 18.1. The van der Waals surface area contributed by atoms with E-state index in [0.717, 1.165) is 43.4 Å². The summed E-state index contributed by atoms with van der Waals surface area (Å²) < 4.78 is 36.8. The molecule has 0 heterocycles. The molecule has 0 aliphatic heterocycles. The maximum atomic E-state index is 12.3. The maximum Gasteiger partial charge on any atom is 0.409 e. The van der Waals surface area contributed by atoms with Crippen LogP contribution in [0.5, 0.6) is 0 Å². The van der Waals surface area contributed by atoms with E-state index >= 15 is 0 Å². The van der Waals surface area contributed by atoms with E-state index in [-0.39, 0.29) is 5.92 Å². The zero-order valence-corrected chi connectivity index (χ0v) is 16.0. The van der Waals surface area contributed by atoms with Crippen LogP contribution < -0.4 is 0 Å². The minimum Gasteiger partial charge on any atom is -0.167 e. The SMILES string of the molecule is CCCCCCCC1CCC(C2CCC(C=CC(F)(F)F)CC2)CC1. The van der Waals surface area contributed by atoms with Crippen molar-refractivity contribution in [2.24, 2.45) is 23.7 Å². The lowest BCUT2D eigenvalue weighted by Crippen LogP contribution is -2.25. The monoisotopic (exact) mass is 358 g/mol. The van der Waals surface area contributed by atoms with Crippen LogP contribution in [0.2, 0.25) is 0 Å². The molecule has 0 N–H and O–H groups in total. The Hall–Kier alpha value is -0.470. The van der Waals surface area contributed by atoms with Gasteiger partial charge in [-0.05, 0) is 62.2 Å². The molecule has 0 atom stereocenters. The molecule has 2 rings (SSSR count). The molecule has 0 bridgehead atoms. The van der Waals surface area contributed by atoms with Crippen LogP contribution in [-0.4, -0.2) is 6.18 Å². The summed E-state index contributed by atoms with van der Waals surface area (Å²) in [5, 5.41) is 0. The first-order chi connectivity index (χ1) is 12.0. The number of unbranched alkanes of at least 4 members (excludes halogenated alkanes) is 4. The molecule has 0 amide bonds. The zero-order valence-electron chi connectivity index (χ0n) is 16.0. The van der Waals surface area contributed by atoms with Crippen molar-refractivity contribution in [3.63, 3.8) is 0 Å². The van der Waals surface area contributed by atoms with Crippen molar-refractivity contribution in [2.45, 2.75) is 103 Å². The Bertz CT molecular complexity index is 369. The lowest BCUT2D eigenvalue weighted by molar-refractivity contribution is -0.0803. The normalized spacial score (nSPS) is 31.5. The Kier molecular flexibility index (Phi) is 8.85. The predicted molar refractivity (Wildman–Crippen MR) is 99.5 cm³/mol. The van der Waals surface area contributed by atoms with Gasteiger partial charge in [0.25, 0.3) is 0 Å². The van der Waals surface area contributed by atoms with E-state index in [9.17, 15) is 13.2 Å². The maximum absolute atomic E-state index is 12.3. The summed E-state index contributed by atoms with van der Waals surface area (Å²) in [5.74, 6) is 2.73. The van der Waals surface area contributed by atoms with Crippen LogP contribution in [0.15, 0.2) is 12.2 Å². The Morgan fingerprint density at radius 1 is 0.760 bits per heavy atom. The van der Waals surface area contributed by atoms with Gasteiger partial charge >= 0.3 is 6.18 Å². The third kappa shape index (κ3) is 8.17. The van der Waals surface area contributed by atoms with Crippen LogP contribution in [0, 0.1) is 23.7 Å². The first-order valence-electron chi connectivity index (χ1n) is 10.7. The summed E-state index contributed by atoms with van der Waals surface area (Å²) in [6, 6.07) is 0. The summed E-state index contributed by atoms with van der Waals surface area (Å²) in [6.45, 7) is 2.27. The average molecular weight is 359 g/mol. The Balaban J connectivity index is 1.60. The van der Waals surface area contributed by atoms with Crippen molar-refractivity contribution in [3.8, 4) is 0 Å². The second-order valence-corrected chi connectivity index (χ2v) is 8.56. The van der Waals surface area contributed by atoms with E-state index < -0.39 is 6.18 Å². The molecule has 0 aromatic carbocycles. The van der Waals surface area contributed by atoms with Crippen LogP contribution in [0.25, 0.3) is 0 Å². The second-order valence-electron chi connectivity index (χ2n) is 8.56. The Morgan fingerprint density at radius 2 is 1.32 bits per heavy atom. The van der Waals surface area contributed by atoms with Crippen molar-refractivity contribution in [1.82, 2.24) is 0 Å². The summed E-state index contributed by atoms with van der Waals surface area (Å²) in [5.41, 5.74) is 0. The van der Waals surface area contributed by atoms with E-state index in [2.05, 4.69) is 6.92 Å². The molecule has 2 fully saturated rings. The van der Waals surface area contributed by atoms with Gasteiger partial charge in [-0.1, -0.05) is 64.4 Å². The molecule has 0 radical (unpaired) electrons. The largest absolute Gasteiger partial charge is 0.409 e. The topological polar surface area (TPSA) is 0 Å². The van der Waals surface area contributed by atoms with Crippen molar-refractivity contribution >= 4 is 0 Å². The van der Waals surface area contributed by atoms with Crippen molar-refractivity contribution < 1.29 is 13.2 Å². The van der Waals surface area contributed by atoms with E-state index in [0.29, 0.717) is 6.08 Å². The molecule has 2 aliphatic carbocycles. The van der Waals surface area contributed by atoms with Crippen LogP contribution in [0.1, 0.15) is 96.8 Å². The second kappa shape index (κ2) is 10.6.